The first-order valence-corrected chi connectivity index (χ1v) is 9.95. The lowest BCUT2D eigenvalue weighted by molar-refractivity contribution is 0.0481. The normalized spacial score (nSPS) is 10.9. The van der Waals surface area contributed by atoms with E-state index in [1.165, 1.54) is 12.1 Å². The fourth-order valence-electron chi connectivity index (χ4n) is 3.14. The van der Waals surface area contributed by atoms with Crippen LogP contribution in [0.5, 0.6) is 0 Å². The van der Waals surface area contributed by atoms with E-state index in [0.29, 0.717) is 38.8 Å². The lowest BCUT2D eigenvalue weighted by atomic mass is 9.97. The molecule has 0 unspecified atom stereocenters. The molecule has 0 bridgehead atoms. The van der Waals surface area contributed by atoms with Gasteiger partial charge in [-0.3, -0.25) is 0 Å². The molecule has 8 nitrogen and oxygen atoms in total. The minimum atomic E-state index is -0.738. The molecule has 1 aromatic carbocycles. The van der Waals surface area contributed by atoms with E-state index in [1.807, 2.05) is 13.0 Å². The van der Waals surface area contributed by atoms with E-state index >= 15 is 0 Å². The maximum atomic E-state index is 13.5. The monoisotopic (exact) mass is 453 g/mol. The Kier molecular flexibility index (Phi) is 5.83. The van der Waals surface area contributed by atoms with Crippen LogP contribution in [0, 0.1) is 12.7 Å². The van der Waals surface area contributed by atoms with Crippen LogP contribution in [0.1, 0.15) is 23.3 Å². The van der Waals surface area contributed by atoms with Gasteiger partial charge in [-0.1, -0.05) is 11.6 Å². The Labute approximate surface area is 187 Å². The number of carbonyl (C=O) groups excluding carboxylic acids is 1. The van der Waals surface area contributed by atoms with Gasteiger partial charge >= 0.3 is 11.9 Å². The average Bonchev–Trinajstić information content (AvgIpc) is 3.24. The van der Waals surface area contributed by atoms with E-state index in [9.17, 15) is 9.18 Å². The standard InChI is InChI=1S/C22H17ClFN5O3/c1-3-31-22(30)21-29-28-20(32-21)16-10-15(13-8-11(2)26-17(23)9-13)18(27-19(16)25)12-4-6-14(24)7-5-12/h4-10H,3H2,1-2H3,(H2,25,27). The Hall–Kier alpha value is -3.85. The zero-order valence-corrected chi connectivity index (χ0v) is 17.9. The molecule has 0 saturated carbocycles. The van der Waals surface area contributed by atoms with Gasteiger partial charge in [0.25, 0.3) is 5.89 Å². The molecule has 3 aromatic heterocycles. The molecule has 4 rings (SSSR count). The van der Waals surface area contributed by atoms with Gasteiger partial charge in [-0.2, -0.15) is 0 Å². The minimum absolute atomic E-state index is 0.00170. The molecular weight excluding hydrogens is 437 g/mol. The molecule has 0 fully saturated rings. The average molecular weight is 454 g/mol. The largest absolute Gasteiger partial charge is 0.459 e. The lowest BCUT2D eigenvalue weighted by Gasteiger charge is -2.13. The van der Waals surface area contributed by atoms with Crippen LogP contribution in [0.25, 0.3) is 33.8 Å². The third kappa shape index (κ3) is 4.28. The second-order valence-electron chi connectivity index (χ2n) is 6.78. The highest BCUT2D eigenvalue weighted by Crippen LogP contribution is 2.37. The number of aryl methyl sites for hydroxylation is 1. The first kappa shape index (κ1) is 21.4. The van der Waals surface area contributed by atoms with Crippen molar-refractivity contribution in [2.75, 3.05) is 12.3 Å². The molecule has 0 spiro atoms. The highest BCUT2D eigenvalue weighted by molar-refractivity contribution is 6.29. The minimum Gasteiger partial charge on any atom is -0.459 e. The second-order valence-corrected chi connectivity index (χ2v) is 7.16. The summed E-state index contributed by atoms with van der Waals surface area (Å²) in [5.74, 6) is -1.32. The van der Waals surface area contributed by atoms with Crippen molar-refractivity contribution in [1.82, 2.24) is 20.2 Å². The number of ether oxygens (including phenoxy) is 1. The van der Waals surface area contributed by atoms with Gasteiger partial charge in [-0.15, -0.1) is 10.2 Å². The summed E-state index contributed by atoms with van der Waals surface area (Å²) in [5.41, 5.74) is 9.69. The topological polar surface area (TPSA) is 117 Å². The van der Waals surface area contributed by atoms with Crippen LogP contribution in [0.15, 0.2) is 46.9 Å². The van der Waals surface area contributed by atoms with Crippen molar-refractivity contribution in [2.45, 2.75) is 13.8 Å². The zero-order valence-electron chi connectivity index (χ0n) is 17.1. The third-order valence-electron chi connectivity index (χ3n) is 4.51. The van der Waals surface area contributed by atoms with E-state index in [2.05, 4.69) is 20.2 Å². The second kappa shape index (κ2) is 8.72. The Morgan fingerprint density at radius 1 is 1.09 bits per heavy atom. The molecule has 0 aliphatic carbocycles. The number of benzene rings is 1. The first-order valence-electron chi connectivity index (χ1n) is 9.57. The SMILES string of the molecule is CCOC(=O)c1nnc(-c2cc(-c3cc(C)nc(Cl)c3)c(-c3ccc(F)cc3)nc2N)o1. The molecule has 0 aliphatic heterocycles. The summed E-state index contributed by atoms with van der Waals surface area (Å²) < 4.78 is 23.8. The number of anilines is 1. The highest BCUT2D eigenvalue weighted by Gasteiger charge is 2.22. The van der Waals surface area contributed by atoms with Gasteiger partial charge in [0.1, 0.15) is 16.8 Å². The van der Waals surface area contributed by atoms with Crippen molar-refractivity contribution in [3.05, 3.63) is 65.0 Å². The zero-order chi connectivity index (χ0) is 22.8. The van der Waals surface area contributed by atoms with E-state index in [4.69, 9.17) is 26.5 Å². The molecule has 0 radical (unpaired) electrons. The number of nitrogens with zero attached hydrogens (tertiary/aromatic N) is 4. The fourth-order valence-corrected chi connectivity index (χ4v) is 3.39. The maximum Gasteiger partial charge on any atom is 0.396 e. The lowest BCUT2D eigenvalue weighted by Crippen LogP contribution is -2.04. The Morgan fingerprint density at radius 3 is 2.53 bits per heavy atom. The molecule has 0 saturated heterocycles. The quantitative estimate of drug-likeness (QED) is 0.340. The summed E-state index contributed by atoms with van der Waals surface area (Å²) in [6.45, 7) is 3.64. The smallest absolute Gasteiger partial charge is 0.396 e. The number of rotatable bonds is 5. The van der Waals surface area contributed by atoms with Crippen LogP contribution in [0.4, 0.5) is 10.2 Å². The van der Waals surface area contributed by atoms with Gasteiger partial charge in [0.05, 0.1) is 17.9 Å². The van der Waals surface area contributed by atoms with Crippen molar-refractivity contribution in [1.29, 1.82) is 0 Å². The van der Waals surface area contributed by atoms with E-state index in [1.54, 1.807) is 31.2 Å². The van der Waals surface area contributed by atoms with Crippen LogP contribution >= 0.6 is 11.6 Å². The summed E-state index contributed by atoms with van der Waals surface area (Å²) in [6.07, 6.45) is 0. The molecule has 3 heterocycles. The van der Waals surface area contributed by atoms with Crippen LogP contribution in [0.2, 0.25) is 5.15 Å². The third-order valence-corrected chi connectivity index (χ3v) is 4.70. The van der Waals surface area contributed by atoms with Crippen LogP contribution < -0.4 is 5.73 Å². The molecule has 0 aliphatic rings. The van der Waals surface area contributed by atoms with Gasteiger partial charge in [0, 0.05) is 16.8 Å². The number of aromatic nitrogens is 4. The number of nitrogen functional groups attached to an aromatic ring is 1. The number of esters is 1. The molecule has 10 heteroatoms. The number of carbonyl (C=O) groups is 1. The van der Waals surface area contributed by atoms with Gasteiger partial charge in [-0.25, -0.2) is 19.2 Å². The Bertz CT molecular complexity index is 1290. The van der Waals surface area contributed by atoms with E-state index < -0.39 is 5.97 Å². The summed E-state index contributed by atoms with van der Waals surface area (Å²) in [7, 11) is 0. The van der Waals surface area contributed by atoms with Crippen molar-refractivity contribution >= 4 is 23.4 Å². The number of pyridine rings is 2. The van der Waals surface area contributed by atoms with Crippen LogP contribution in [-0.4, -0.2) is 32.7 Å². The van der Waals surface area contributed by atoms with Crippen molar-refractivity contribution in [2.24, 2.45) is 0 Å². The molecule has 2 N–H and O–H groups in total. The molecule has 4 aromatic rings. The predicted octanol–water partition coefficient (Wildman–Crippen LogP) is 4.72. The number of nitrogens with two attached hydrogens (primary N) is 1. The van der Waals surface area contributed by atoms with Gasteiger partial charge < -0.3 is 14.9 Å². The number of hydrogen-bond donors (Lipinski definition) is 1. The Balaban J connectivity index is 1.90. The molecule has 0 atom stereocenters. The van der Waals surface area contributed by atoms with Gasteiger partial charge in [0.2, 0.25) is 0 Å². The van der Waals surface area contributed by atoms with Gasteiger partial charge in [0.15, 0.2) is 0 Å². The van der Waals surface area contributed by atoms with E-state index in [-0.39, 0.29) is 30.0 Å². The summed E-state index contributed by atoms with van der Waals surface area (Å²) >= 11 is 6.18. The predicted molar refractivity (Wildman–Crippen MR) is 116 cm³/mol. The molecular formula is C22H17ClFN5O3. The van der Waals surface area contributed by atoms with Crippen molar-refractivity contribution in [3.8, 4) is 33.8 Å². The summed E-state index contributed by atoms with van der Waals surface area (Å²) in [6, 6.07) is 11.1. The van der Waals surface area contributed by atoms with E-state index in [0.717, 1.165) is 0 Å². The van der Waals surface area contributed by atoms with Crippen molar-refractivity contribution < 1.29 is 18.3 Å². The van der Waals surface area contributed by atoms with Crippen LogP contribution in [-0.2, 0) is 4.74 Å². The summed E-state index contributed by atoms with van der Waals surface area (Å²) in [5, 5.41) is 7.93. The molecule has 162 valence electrons. The first-order chi connectivity index (χ1) is 15.4. The number of halogens is 2. The highest BCUT2D eigenvalue weighted by atomic mass is 35.5. The van der Waals surface area contributed by atoms with Crippen LogP contribution in [0.3, 0.4) is 0 Å². The van der Waals surface area contributed by atoms with Crippen molar-refractivity contribution in [3.63, 3.8) is 0 Å². The summed E-state index contributed by atoms with van der Waals surface area (Å²) in [4.78, 5) is 20.6. The molecule has 0 amide bonds. The number of hydrogen-bond acceptors (Lipinski definition) is 8. The van der Waals surface area contributed by atoms with Gasteiger partial charge in [-0.05, 0) is 61.9 Å². The fraction of sp³-hybridized carbons (Fsp3) is 0.136. The maximum absolute atomic E-state index is 13.5. The Morgan fingerprint density at radius 2 is 1.84 bits per heavy atom. The molecule has 32 heavy (non-hydrogen) atoms.